The molecular weight excluding hydrogens is 234 g/mol. The summed E-state index contributed by atoms with van der Waals surface area (Å²) in [5.74, 6) is 1.20. The predicted molar refractivity (Wildman–Crippen MR) is 82.3 cm³/mol. The Morgan fingerprint density at radius 3 is 2.63 bits per heavy atom. The first-order chi connectivity index (χ1) is 9.27. The minimum atomic E-state index is 0.796. The minimum Gasteiger partial charge on any atom is -0.397 e. The Bertz CT molecular complexity index is 528. The highest BCUT2D eigenvalue weighted by molar-refractivity contribution is 5.87. The molecule has 0 saturated heterocycles. The molecule has 0 aliphatic heterocycles. The number of nitrogens with zero attached hydrogens (tertiary/aromatic N) is 2. The fraction of sp³-hybridized carbons (Fsp3) is 0.562. The van der Waals surface area contributed by atoms with E-state index in [4.69, 9.17) is 10.7 Å². The van der Waals surface area contributed by atoms with Gasteiger partial charge in [0.15, 0.2) is 0 Å². The van der Waals surface area contributed by atoms with E-state index < -0.39 is 0 Å². The van der Waals surface area contributed by atoms with E-state index in [9.17, 15) is 0 Å². The molecule has 0 radical (unpaired) electrons. The largest absolute Gasteiger partial charge is 0.397 e. The highest BCUT2D eigenvalue weighted by atomic mass is 15.1. The van der Waals surface area contributed by atoms with E-state index in [-0.39, 0.29) is 0 Å². The van der Waals surface area contributed by atoms with Crippen molar-refractivity contribution in [1.82, 2.24) is 9.55 Å². The van der Waals surface area contributed by atoms with Gasteiger partial charge >= 0.3 is 0 Å². The standard InChI is InChI=1S/C16H25N3/c1-3-5-7-12-19-14-10-8-9-13(17)16(14)18-15(19)11-6-4-2/h8-10H,3-7,11-12,17H2,1-2H3. The maximum Gasteiger partial charge on any atom is 0.112 e. The van der Waals surface area contributed by atoms with Crippen LogP contribution in [0.15, 0.2) is 18.2 Å². The number of aryl methyl sites for hydroxylation is 2. The van der Waals surface area contributed by atoms with E-state index in [1.807, 2.05) is 12.1 Å². The Morgan fingerprint density at radius 1 is 1.11 bits per heavy atom. The van der Waals surface area contributed by atoms with E-state index in [1.165, 1.54) is 43.4 Å². The number of rotatable bonds is 7. The lowest BCUT2D eigenvalue weighted by molar-refractivity contribution is 0.583. The second kappa shape index (κ2) is 6.60. The van der Waals surface area contributed by atoms with Gasteiger partial charge in [-0.3, -0.25) is 0 Å². The van der Waals surface area contributed by atoms with Crippen molar-refractivity contribution in [2.75, 3.05) is 5.73 Å². The third kappa shape index (κ3) is 3.09. The molecule has 0 bridgehead atoms. The molecule has 2 N–H and O–H groups in total. The van der Waals surface area contributed by atoms with Crippen LogP contribution < -0.4 is 5.73 Å². The number of benzene rings is 1. The van der Waals surface area contributed by atoms with Gasteiger partial charge < -0.3 is 10.3 Å². The number of hydrogen-bond acceptors (Lipinski definition) is 2. The summed E-state index contributed by atoms with van der Waals surface area (Å²) in [6.07, 6.45) is 7.19. The normalized spacial score (nSPS) is 11.3. The van der Waals surface area contributed by atoms with Crippen LogP contribution in [0.3, 0.4) is 0 Å². The number of nitrogens with two attached hydrogens (primary N) is 1. The van der Waals surface area contributed by atoms with Crippen LogP contribution in [0, 0.1) is 0 Å². The summed E-state index contributed by atoms with van der Waals surface area (Å²) < 4.78 is 2.37. The van der Waals surface area contributed by atoms with Crippen LogP contribution in [0.25, 0.3) is 11.0 Å². The topological polar surface area (TPSA) is 43.8 Å². The predicted octanol–water partition coefficient (Wildman–Crippen LogP) is 4.15. The van der Waals surface area contributed by atoms with Crippen molar-refractivity contribution in [2.45, 2.75) is 58.9 Å². The number of hydrogen-bond donors (Lipinski definition) is 1. The van der Waals surface area contributed by atoms with Gasteiger partial charge in [0, 0.05) is 13.0 Å². The zero-order valence-corrected chi connectivity index (χ0v) is 12.2. The summed E-state index contributed by atoms with van der Waals surface area (Å²) in [6, 6.07) is 6.11. The van der Waals surface area contributed by atoms with E-state index in [2.05, 4.69) is 24.5 Å². The molecule has 2 aromatic rings. The monoisotopic (exact) mass is 259 g/mol. The molecule has 3 heteroatoms. The van der Waals surface area contributed by atoms with Crippen molar-refractivity contribution in [2.24, 2.45) is 0 Å². The Balaban J connectivity index is 2.34. The molecule has 1 aromatic carbocycles. The zero-order chi connectivity index (χ0) is 13.7. The summed E-state index contributed by atoms with van der Waals surface area (Å²) in [5.41, 5.74) is 9.02. The van der Waals surface area contributed by atoms with E-state index in [1.54, 1.807) is 0 Å². The molecule has 3 nitrogen and oxygen atoms in total. The number of fused-ring (bicyclic) bond motifs is 1. The van der Waals surface area contributed by atoms with Gasteiger partial charge in [-0.15, -0.1) is 0 Å². The molecule has 0 aliphatic rings. The van der Waals surface area contributed by atoms with Gasteiger partial charge in [-0.1, -0.05) is 39.2 Å². The minimum absolute atomic E-state index is 0.796. The molecule has 0 unspecified atom stereocenters. The lowest BCUT2D eigenvalue weighted by Crippen LogP contribution is -2.04. The maximum atomic E-state index is 6.05. The molecule has 0 amide bonds. The van der Waals surface area contributed by atoms with Crippen molar-refractivity contribution in [3.8, 4) is 0 Å². The summed E-state index contributed by atoms with van der Waals surface area (Å²) in [7, 11) is 0. The van der Waals surface area contributed by atoms with Crippen molar-refractivity contribution < 1.29 is 0 Å². The Morgan fingerprint density at radius 2 is 1.89 bits per heavy atom. The van der Waals surface area contributed by atoms with Crippen LogP contribution in [-0.2, 0) is 13.0 Å². The number of aromatic nitrogens is 2. The lowest BCUT2D eigenvalue weighted by Gasteiger charge is -2.08. The first-order valence-electron chi connectivity index (χ1n) is 7.51. The van der Waals surface area contributed by atoms with Crippen LogP contribution in [0.2, 0.25) is 0 Å². The molecular formula is C16H25N3. The number of imidazole rings is 1. The number of unbranched alkanes of at least 4 members (excludes halogenated alkanes) is 3. The lowest BCUT2D eigenvalue weighted by atomic mass is 10.2. The Hall–Kier alpha value is -1.51. The number of anilines is 1. The van der Waals surface area contributed by atoms with Crippen LogP contribution in [0.4, 0.5) is 5.69 Å². The molecule has 19 heavy (non-hydrogen) atoms. The van der Waals surface area contributed by atoms with Crippen molar-refractivity contribution in [3.05, 3.63) is 24.0 Å². The molecule has 0 atom stereocenters. The highest BCUT2D eigenvalue weighted by Crippen LogP contribution is 2.23. The fourth-order valence-corrected chi connectivity index (χ4v) is 2.51. The summed E-state index contributed by atoms with van der Waals surface area (Å²) >= 11 is 0. The van der Waals surface area contributed by atoms with Crippen molar-refractivity contribution in [3.63, 3.8) is 0 Å². The fourth-order valence-electron chi connectivity index (χ4n) is 2.51. The first kappa shape index (κ1) is 13.9. The second-order valence-electron chi connectivity index (χ2n) is 5.21. The van der Waals surface area contributed by atoms with Crippen LogP contribution in [-0.4, -0.2) is 9.55 Å². The Kier molecular flexibility index (Phi) is 4.83. The van der Waals surface area contributed by atoms with Crippen molar-refractivity contribution >= 4 is 16.7 Å². The third-order valence-electron chi connectivity index (χ3n) is 3.63. The average molecular weight is 259 g/mol. The van der Waals surface area contributed by atoms with E-state index in [0.717, 1.165) is 24.2 Å². The second-order valence-corrected chi connectivity index (χ2v) is 5.21. The SMILES string of the molecule is CCCCCn1c(CCCC)nc2c(N)cccc21. The smallest absolute Gasteiger partial charge is 0.112 e. The van der Waals surface area contributed by atoms with Crippen molar-refractivity contribution in [1.29, 1.82) is 0 Å². The molecule has 0 spiro atoms. The van der Waals surface area contributed by atoms with Gasteiger partial charge in [0.1, 0.15) is 11.3 Å². The maximum absolute atomic E-state index is 6.05. The van der Waals surface area contributed by atoms with Crippen LogP contribution in [0.1, 0.15) is 51.8 Å². The highest BCUT2D eigenvalue weighted by Gasteiger charge is 2.11. The molecule has 2 rings (SSSR count). The van der Waals surface area contributed by atoms with Crippen LogP contribution >= 0.6 is 0 Å². The quantitative estimate of drug-likeness (QED) is 0.599. The first-order valence-corrected chi connectivity index (χ1v) is 7.51. The number of nitrogen functional groups attached to an aromatic ring is 1. The molecule has 1 aromatic heterocycles. The summed E-state index contributed by atoms with van der Waals surface area (Å²) in [5, 5.41) is 0. The molecule has 1 heterocycles. The summed E-state index contributed by atoms with van der Waals surface area (Å²) in [6.45, 7) is 5.52. The molecule has 104 valence electrons. The number of para-hydroxylation sites is 1. The van der Waals surface area contributed by atoms with Gasteiger partial charge in [-0.2, -0.15) is 0 Å². The average Bonchev–Trinajstić information content (AvgIpc) is 2.77. The third-order valence-corrected chi connectivity index (χ3v) is 3.63. The molecule has 0 aliphatic carbocycles. The summed E-state index contributed by atoms with van der Waals surface area (Å²) in [4.78, 5) is 4.77. The molecule has 0 fully saturated rings. The van der Waals surface area contributed by atoms with E-state index >= 15 is 0 Å². The van der Waals surface area contributed by atoms with E-state index in [0.29, 0.717) is 0 Å². The van der Waals surface area contributed by atoms with Gasteiger partial charge in [0.25, 0.3) is 0 Å². The van der Waals surface area contributed by atoms with Gasteiger partial charge in [-0.25, -0.2) is 4.98 Å². The zero-order valence-electron chi connectivity index (χ0n) is 12.2. The molecule has 0 saturated carbocycles. The van der Waals surface area contributed by atoms with Gasteiger partial charge in [0.05, 0.1) is 11.2 Å². The van der Waals surface area contributed by atoms with Gasteiger partial charge in [0.2, 0.25) is 0 Å². The van der Waals surface area contributed by atoms with Crippen LogP contribution in [0.5, 0.6) is 0 Å². The Labute approximate surface area is 115 Å². The van der Waals surface area contributed by atoms with Gasteiger partial charge in [-0.05, 0) is 25.0 Å².